The highest BCUT2D eigenvalue weighted by Crippen LogP contribution is 2.30. The van der Waals surface area contributed by atoms with E-state index in [4.69, 9.17) is 4.74 Å². The largest absolute Gasteiger partial charge is 0.497 e. The molecular formula is C11H13N3OS. The normalized spacial score (nSPS) is 11.2. The highest BCUT2D eigenvalue weighted by atomic mass is 32.1. The number of benzene rings is 1. The van der Waals surface area contributed by atoms with Crippen LogP contribution in [-0.2, 0) is 0 Å². The Kier molecular flexibility index (Phi) is 3.05. The molecule has 0 aliphatic heterocycles. The fourth-order valence-corrected chi connectivity index (χ4v) is 2.03. The molecule has 0 atom stereocenters. The van der Waals surface area contributed by atoms with Crippen molar-refractivity contribution in [2.45, 2.75) is 0 Å². The Hall–Kier alpha value is -1.62. The van der Waals surface area contributed by atoms with Gasteiger partial charge < -0.3 is 9.64 Å². The highest BCUT2D eigenvalue weighted by Gasteiger charge is 2.03. The van der Waals surface area contributed by atoms with Crippen LogP contribution < -0.4 is 4.74 Å². The molecule has 0 saturated heterocycles. The smallest absolute Gasteiger partial charge is 0.211 e. The predicted octanol–water partition coefficient (Wildman–Crippen LogP) is 2.53. The second kappa shape index (κ2) is 4.49. The van der Waals surface area contributed by atoms with Gasteiger partial charge in [-0.25, -0.2) is 9.98 Å². The Balaban J connectivity index is 2.36. The summed E-state index contributed by atoms with van der Waals surface area (Å²) in [6.45, 7) is 0. The molecular weight excluding hydrogens is 222 g/mol. The topological polar surface area (TPSA) is 37.7 Å². The van der Waals surface area contributed by atoms with Gasteiger partial charge in [0.2, 0.25) is 5.13 Å². The number of rotatable bonds is 3. The van der Waals surface area contributed by atoms with Crippen molar-refractivity contribution in [2.24, 2.45) is 4.99 Å². The Morgan fingerprint density at radius 1 is 1.44 bits per heavy atom. The average Bonchev–Trinajstić information content (AvgIpc) is 2.67. The lowest BCUT2D eigenvalue weighted by Gasteiger charge is -1.99. The lowest BCUT2D eigenvalue weighted by Crippen LogP contribution is -2.06. The number of aromatic nitrogens is 1. The van der Waals surface area contributed by atoms with Crippen LogP contribution in [0.2, 0.25) is 0 Å². The van der Waals surface area contributed by atoms with E-state index in [0.717, 1.165) is 21.1 Å². The number of methoxy groups -OCH3 is 1. The molecule has 5 heteroatoms. The van der Waals surface area contributed by atoms with Crippen LogP contribution >= 0.6 is 11.3 Å². The number of fused-ring (bicyclic) bond motifs is 1. The zero-order chi connectivity index (χ0) is 11.5. The van der Waals surface area contributed by atoms with Gasteiger partial charge in [-0.05, 0) is 12.1 Å². The predicted molar refractivity (Wildman–Crippen MR) is 68.0 cm³/mol. The Morgan fingerprint density at radius 3 is 2.94 bits per heavy atom. The molecule has 0 saturated carbocycles. The number of thiazole rings is 1. The third kappa shape index (κ3) is 2.30. The van der Waals surface area contributed by atoms with Crippen LogP contribution in [0.5, 0.6) is 5.75 Å². The molecule has 0 bridgehead atoms. The van der Waals surface area contributed by atoms with E-state index in [1.165, 1.54) is 0 Å². The Labute approximate surface area is 98.2 Å². The summed E-state index contributed by atoms with van der Waals surface area (Å²) >= 11 is 1.57. The van der Waals surface area contributed by atoms with Crippen LogP contribution in [0.3, 0.4) is 0 Å². The van der Waals surface area contributed by atoms with Crippen molar-refractivity contribution >= 4 is 33.0 Å². The summed E-state index contributed by atoms with van der Waals surface area (Å²) in [7, 11) is 5.51. The molecule has 0 aliphatic rings. The molecule has 0 N–H and O–H groups in total. The van der Waals surface area contributed by atoms with E-state index >= 15 is 0 Å². The van der Waals surface area contributed by atoms with Crippen molar-refractivity contribution in [3.8, 4) is 5.75 Å². The third-order valence-electron chi connectivity index (χ3n) is 1.98. The minimum atomic E-state index is 0.761. The fraction of sp³-hybridized carbons (Fsp3) is 0.273. The van der Waals surface area contributed by atoms with Gasteiger partial charge in [0.05, 0.1) is 23.7 Å². The second-order valence-corrected chi connectivity index (χ2v) is 4.55. The number of hydrogen-bond acceptors (Lipinski definition) is 4. The highest BCUT2D eigenvalue weighted by molar-refractivity contribution is 7.22. The maximum absolute atomic E-state index is 5.15. The van der Waals surface area contributed by atoms with Gasteiger partial charge in [0.15, 0.2) is 0 Å². The summed E-state index contributed by atoms with van der Waals surface area (Å²) in [6.07, 6.45) is 1.74. The minimum absolute atomic E-state index is 0.761. The van der Waals surface area contributed by atoms with Crippen molar-refractivity contribution in [3.05, 3.63) is 18.2 Å². The average molecular weight is 235 g/mol. The van der Waals surface area contributed by atoms with E-state index in [-0.39, 0.29) is 0 Å². The first kappa shape index (κ1) is 10.9. The maximum Gasteiger partial charge on any atom is 0.211 e. The lowest BCUT2D eigenvalue weighted by atomic mass is 10.3. The molecule has 2 aromatic rings. The van der Waals surface area contributed by atoms with Crippen LogP contribution in [0, 0.1) is 0 Å². The van der Waals surface area contributed by atoms with E-state index in [2.05, 4.69) is 9.98 Å². The van der Waals surface area contributed by atoms with E-state index in [1.54, 1.807) is 24.8 Å². The van der Waals surface area contributed by atoms with Gasteiger partial charge in [0.25, 0.3) is 0 Å². The molecule has 0 amide bonds. The van der Waals surface area contributed by atoms with Gasteiger partial charge in [-0.2, -0.15) is 0 Å². The summed E-state index contributed by atoms with van der Waals surface area (Å²) in [4.78, 5) is 10.6. The SMILES string of the molecule is COc1ccc2sc(/N=C/N(C)C)nc2c1. The maximum atomic E-state index is 5.15. The molecule has 16 heavy (non-hydrogen) atoms. The first-order chi connectivity index (χ1) is 7.69. The van der Waals surface area contributed by atoms with Gasteiger partial charge in [-0.1, -0.05) is 11.3 Å². The molecule has 2 rings (SSSR count). The van der Waals surface area contributed by atoms with Crippen molar-refractivity contribution < 1.29 is 4.74 Å². The molecule has 1 aromatic carbocycles. The zero-order valence-corrected chi connectivity index (χ0v) is 10.3. The number of hydrogen-bond donors (Lipinski definition) is 0. The van der Waals surface area contributed by atoms with E-state index in [0.29, 0.717) is 0 Å². The van der Waals surface area contributed by atoms with Crippen molar-refractivity contribution in [2.75, 3.05) is 21.2 Å². The third-order valence-corrected chi connectivity index (χ3v) is 2.93. The van der Waals surface area contributed by atoms with E-state index < -0.39 is 0 Å². The minimum Gasteiger partial charge on any atom is -0.497 e. The fourth-order valence-electron chi connectivity index (χ4n) is 1.24. The molecule has 0 radical (unpaired) electrons. The van der Waals surface area contributed by atoms with Crippen LogP contribution in [0.15, 0.2) is 23.2 Å². The van der Waals surface area contributed by atoms with Crippen molar-refractivity contribution in [1.82, 2.24) is 9.88 Å². The summed E-state index contributed by atoms with van der Waals surface area (Å²) in [6, 6.07) is 5.85. The van der Waals surface area contributed by atoms with E-state index in [1.807, 2.05) is 37.2 Å². The zero-order valence-electron chi connectivity index (χ0n) is 9.47. The molecule has 1 heterocycles. The molecule has 4 nitrogen and oxygen atoms in total. The van der Waals surface area contributed by atoms with Gasteiger partial charge in [0, 0.05) is 20.2 Å². The number of ether oxygens (including phenoxy) is 1. The molecule has 0 aliphatic carbocycles. The summed E-state index contributed by atoms with van der Waals surface area (Å²) in [5, 5.41) is 0.761. The second-order valence-electron chi connectivity index (χ2n) is 3.54. The molecule has 0 unspecified atom stereocenters. The van der Waals surface area contributed by atoms with Crippen LogP contribution in [0.1, 0.15) is 0 Å². The van der Waals surface area contributed by atoms with Gasteiger partial charge >= 0.3 is 0 Å². The molecule has 0 spiro atoms. The van der Waals surface area contributed by atoms with E-state index in [9.17, 15) is 0 Å². The first-order valence-electron chi connectivity index (χ1n) is 4.84. The first-order valence-corrected chi connectivity index (χ1v) is 5.66. The summed E-state index contributed by atoms with van der Waals surface area (Å²) in [5.41, 5.74) is 0.926. The molecule has 84 valence electrons. The lowest BCUT2D eigenvalue weighted by molar-refractivity contribution is 0.415. The van der Waals surface area contributed by atoms with Crippen LogP contribution in [0.4, 0.5) is 5.13 Å². The monoisotopic (exact) mass is 235 g/mol. The van der Waals surface area contributed by atoms with Gasteiger partial charge in [-0.3, -0.25) is 0 Å². The Bertz CT molecular complexity index is 519. The number of aliphatic imine (C=N–C) groups is 1. The standard InChI is InChI=1S/C11H13N3OS/c1-14(2)7-12-11-13-9-6-8(15-3)4-5-10(9)16-11/h4-7H,1-3H3/b12-7+. The van der Waals surface area contributed by atoms with Crippen molar-refractivity contribution in [3.63, 3.8) is 0 Å². The Morgan fingerprint density at radius 2 is 2.25 bits per heavy atom. The van der Waals surface area contributed by atoms with Gasteiger partial charge in [0.1, 0.15) is 5.75 Å². The quantitative estimate of drug-likeness (QED) is 0.606. The summed E-state index contributed by atoms with van der Waals surface area (Å²) < 4.78 is 6.27. The van der Waals surface area contributed by atoms with Gasteiger partial charge in [-0.15, -0.1) is 0 Å². The summed E-state index contributed by atoms with van der Waals surface area (Å²) in [5.74, 6) is 0.820. The number of nitrogens with zero attached hydrogens (tertiary/aromatic N) is 3. The van der Waals surface area contributed by atoms with Crippen LogP contribution in [-0.4, -0.2) is 37.4 Å². The van der Waals surface area contributed by atoms with Crippen molar-refractivity contribution in [1.29, 1.82) is 0 Å². The molecule has 0 fully saturated rings. The molecule has 1 aromatic heterocycles. The van der Waals surface area contributed by atoms with Crippen LogP contribution in [0.25, 0.3) is 10.2 Å².